The van der Waals surface area contributed by atoms with E-state index in [0.29, 0.717) is 0 Å². The van der Waals surface area contributed by atoms with E-state index in [-0.39, 0.29) is 51.1 Å². The summed E-state index contributed by atoms with van der Waals surface area (Å²) in [5, 5.41) is 0. The number of rotatable bonds is 13. The molecule has 2 N–H and O–H groups in total. The van der Waals surface area contributed by atoms with E-state index in [9.17, 15) is 18.9 Å². The second kappa shape index (κ2) is 17.1. The number of esters is 1. The highest BCUT2D eigenvalue weighted by atomic mass is 31.2. The lowest BCUT2D eigenvalue weighted by molar-refractivity contribution is -0.140. The smallest absolute Gasteiger partial charge is 0.468 e. The van der Waals surface area contributed by atoms with Gasteiger partial charge in [0, 0.05) is 7.05 Å². The van der Waals surface area contributed by atoms with E-state index in [1.54, 1.807) is 0 Å². The van der Waals surface area contributed by atoms with Gasteiger partial charge in [-0.05, 0) is 51.4 Å². The van der Waals surface area contributed by atoms with Crippen molar-refractivity contribution in [3.05, 3.63) is 0 Å². The van der Waals surface area contributed by atoms with Crippen LogP contribution in [0.25, 0.3) is 0 Å². The molecule has 218 valence electrons. The summed E-state index contributed by atoms with van der Waals surface area (Å²) in [6, 6.07) is 0. The lowest BCUT2D eigenvalue weighted by atomic mass is 9.98. The van der Waals surface area contributed by atoms with Gasteiger partial charge in [0.25, 0.3) is 0 Å². The Morgan fingerprint density at radius 1 is 0.816 bits per heavy atom. The van der Waals surface area contributed by atoms with Crippen LogP contribution in [-0.2, 0) is 42.1 Å². The van der Waals surface area contributed by atoms with Crippen LogP contribution in [0.5, 0.6) is 0 Å². The normalized spacial score (nSPS) is 17.4. The van der Waals surface area contributed by atoms with Gasteiger partial charge in [-0.15, -0.1) is 4.76 Å². The van der Waals surface area contributed by atoms with E-state index >= 15 is 0 Å². The van der Waals surface area contributed by atoms with Gasteiger partial charge in [-0.2, -0.15) is 0 Å². The monoisotopic (exact) mass is 565 g/mol. The minimum atomic E-state index is -4.27. The van der Waals surface area contributed by atoms with Crippen LogP contribution in [0.3, 0.4) is 0 Å². The average Bonchev–Trinajstić information content (AvgIpc) is 2.90. The second-order valence-corrected chi connectivity index (χ2v) is 10.6. The Labute approximate surface area is 223 Å². The van der Waals surface area contributed by atoms with Crippen molar-refractivity contribution < 1.29 is 51.7 Å². The Bertz CT molecular complexity index is 785. The fourth-order valence-corrected chi connectivity index (χ4v) is 5.10. The van der Waals surface area contributed by atoms with Crippen molar-refractivity contribution in [1.29, 1.82) is 0 Å². The number of hydrogen-bond acceptors (Lipinski definition) is 11. The highest BCUT2D eigenvalue weighted by molar-refractivity contribution is 7.52. The molecule has 0 aromatic carbocycles. The molecule has 0 radical (unpaired) electrons. The summed E-state index contributed by atoms with van der Waals surface area (Å²) < 4.78 is 52.6. The lowest BCUT2D eigenvalue weighted by Crippen LogP contribution is -2.38. The van der Waals surface area contributed by atoms with Crippen LogP contribution in [0, 0.1) is 0 Å². The topological polar surface area (TPSA) is 175 Å². The molecular formula is C23H40N3O11P. The van der Waals surface area contributed by atoms with Crippen molar-refractivity contribution in [3.63, 3.8) is 0 Å². The van der Waals surface area contributed by atoms with E-state index in [2.05, 4.69) is 9.50 Å². The number of nitrogens with two attached hydrogens (primary N) is 1. The van der Waals surface area contributed by atoms with E-state index in [4.69, 9.17) is 33.7 Å². The number of carbonyl (C=O) groups excluding carboxylic acids is 3. The highest BCUT2D eigenvalue weighted by Crippen LogP contribution is 2.49. The molecule has 14 nitrogen and oxygen atoms in total. The zero-order chi connectivity index (χ0) is 27.8. The van der Waals surface area contributed by atoms with Crippen molar-refractivity contribution in [2.24, 2.45) is 10.5 Å². The molecule has 38 heavy (non-hydrogen) atoms. The van der Waals surface area contributed by atoms with Gasteiger partial charge in [-0.3, -0.25) is 13.8 Å². The van der Waals surface area contributed by atoms with E-state index in [0.717, 1.165) is 64.2 Å². The molecule has 0 aliphatic heterocycles. The molecule has 0 unspecified atom stereocenters. The molecule has 2 fully saturated rings. The third-order valence-electron chi connectivity index (χ3n) is 5.96. The molecule has 15 heteroatoms. The summed E-state index contributed by atoms with van der Waals surface area (Å²) in [4.78, 5) is 36.5. The van der Waals surface area contributed by atoms with Gasteiger partial charge in [-0.1, -0.05) is 12.8 Å². The molecule has 0 heterocycles. The van der Waals surface area contributed by atoms with Crippen LogP contribution in [0.4, 0.5) is 9.59 Å². The molecule has 0 amide bonds. The number of hydrogen-bond donors (Lipinski definition) is 1. The summed E-state index contributed by atoms with van der Waals surface area (Å²) in [6.45, 7) is -1.52. The Hall–Kier alpha value is -2.57. The van der Waals surface area contributed by atoms with Gasteiger partial charge in [0.15, 0.2) is 0 Å². The predicted octanol–water partition coefficient (Wildman–Crippen LogP) is 3.52. The van der Waals surface area contributed by atoms with Crippen molar-refractivity contribution in [2.45, 2.75) is 76.4 Å². The SMILES string of the molecule is COC(=O)CN(C)/C(N)=N\P(=O)(OCCOC(=O)OC1CCCCC1)OCCOC(=O)OC1CCCCC1. The minimum Gasteiger partial charge on any atom is -0.468 e. The number of ether oxygens (including phenoxy) is 5. The zero-order valence-corrected chi connectivity index (χ0v) is 23.1. The van der Waals surface area contributed by atoms with Gasteiger partial charge in [-0.25, -0.2) is 14.2 Å². The van der Waals surface area contributed by atoms with Gasteiger partial charge in [0.05, 0.1) is 20.3 Å². The number of nitrogens with zero attached hydrogens (tertiary/aromatic N) is 2. The van der Waals surface area contributed by atoms with Gasteiger partial charge in [0.1, 0.15) is 32.0 Å². The summed E-state index contributed by atoms with van der Waals surface area (Å²) in [6.07, 6.45) is 7.32. The maximum absolute atomic E-state index is 13.2. The summed E-state index contributed by atoms with van der Waals surface area (Å²) in [5.74, 6) is -0.925. The Morgan fingerprint density at radius 2 is 1.26 bits per heavy atom. The standard InChI is InChI=1S/C23H40N3O11P/c1-26(17-20(27)31-2)21(24)25-38(30,34-15-13-32-22(28)36-18-9-5-3-6-10-18)35-16-14-33-23(29)37-19-11-7-4-8-12-19/h18-19H,3-17H2,1-2H3,(H2,24,25,30). The quantitative estimate of drug-likeness (QED) is 0.0858. The van der Waals surface area contributed by atoms with E-state index < -0.39 is 26.0 Å². The molecule has 0 saturated heterocycles. The summed E-state index contributed by atoms with van der Waals surface area (Å²) >= 11 is 0. The third-order valence-corrected chi connectivity index (χ3v) is 7.42. The van der Waals surface area contributed by atoms with Gasteiger partial charge < -0.3 is 34.3 Å². The van der Waals surface area contributed by atoms with Crippen molar-refractivity contribution in [2.75, 3.05) is 47.1 Å². The third kappa shape index (κ3) is 12.8. The molecule has 2 rings (SSSR count). The fourth-order valence-electron chi connectivity index (χ4n) is 3.90. The first-order valence-electron chi connectivity index (χ1n) is 12.9. The number of carbonyl (C=O) groups is 3. The summed E-state index contributed by atoms with van der Waals surface area (Å²) in [7, 11) is -1.63. The molecule has 2 saturated carbocycles. The van der Waals surface area contributed by atoms with Crippen LogP contribution in [0.2, 0.25) is 0 Å². The number of guanidine groups is 1. The van der Waals surface area contributed by atoms with Crippen molar-refractivity contribution >= 4 is 32.0 Å². The first-order chi connectivity index (χ1) is 18.2. The first kappa shape index (κ1) is 31.6. The molecule has 2 aliphatic rings. The zero-order valence-electron chi connectivity index (χ0n) is 22.2. The predicted molar refractivity (Wildman–Crippen MR) is 134 cm³/mol. The molecule has 0 atom stereocenters. The highest BCUT2D eigenvalue weighted by Gasteiger charge is 2.27. The average molecular weight is 566 g/mol. The van der Waals surface area contributed by atoms with Gasteiger partial charge >= 0.3 is 26.0 Å². The molecule has 0 bridgehead atoms. The maximum Gasteiger partial charge on any atom is 0.508 e. The van der Waals surface area contributed by atoms with Crippen LogP contribution in [-0.4, -0.2) is 88.5 Å². The van der Waals surface area contributed by atoms with Crippen LogP contribution in [0.15, 0.2) is 4.76 Å². The van der Waals surface area contributed by atoms with Crippen LogP contribution < -0.4 is 5.73 Å². The molecule has 0 spiro atoms. The largest absolute Gasteiger partial charge is 0.508 e. The van der Waals surface area contributed by atoms with Crippen LogP contribution in [0.1, 0.15) is 64.2 Å². The van der Waals surface area contributed by atoms with Gasteiger partial charge in [0.2, 0.25) is 5.96 Å². The maximum atomic E-state index is 13.2. The first-order valence-corrected chi connectivity index (χ1v) is 14.4. The Morgan fingerprint density at radius 3 is 1.68 bits per heavy atom. The summed E-state index contributed by atoms with van der Waals surface area (Å²) in [5.41, 5.74) is 5.84. The van der Waals surface area contributed by atoms with E-state index in [1.165, 1.54) is 19.1 Å². The van der Waals surface area contributed by atoms with Crippen molar-refractivity contribution in [1.82, 2.24) is 4.90 Å². The second-order valence-electron chi connectivity index (χ2n) is 8.98. The molecule has 0 aromatic heterocycles. The number of methoxy groups -OCH3 is 1. The van der Waals surface area contributed by atoms with E-state index in [1.807, 2.05) is 0 Å². The van der Waals surface area contributed by atoms with Crippen molar-refractivity contribution in [3.8, 4) is 0 Å². The molecule has 2 aliphatic carbocycles. The number of likely N-dealkylation sites (N-methyl/N-ethyl adjacent to an activating group) is 1. The Balaban J connectivity index is 1.84. The fraction of sp³-hybridized carbons (Fsp3) is 0.826. The molecular weight excluding hydrogens is 525 g/mol. The minimum absolute atomic E-state index is 0.175. The Kier molecular flexibility index (Phi) is 14.2. The molecule has 0 aromatic rings. The van der Waals surface area contributed by atoms with Crippen LogP contribution >= 0.6 is 7.75 Å². The lowest BCUT2D eigenvalue weighted by Gasteiger charge is -2.22.